The van der Waals surface area contributed by atoms with Gasteiger partial charge in [0.05, 0.1) is 11.4 Å². The Labute approximate surface area is 170 Å². The van der Waals surface area contributed by atoms with Crippen LogP contribution in [0.4, 0.5) is 11.4 Å². The van der Waals surface area contributed by atoms with E-state index < -0.39 is 0 Å². The van der Waals surface area contributed by atoms with Gasteiger partial charge >= 0.3 is 0 Å². The van der Waals surface area contributed by atoms with E-state index in [-0.39, 0.29) is 0 Å². The van der Waals surface area contributed by atoms with Gasteiger partial charge in [-0.3, -0.25) is 0 Å². The van der Waals surface area contributed by atoms with Gasteiger partial charge in [-0.25, -0.2) is 9.97 Å². The number of rotatable bonds is 3. The summed E-state index contributed by atoms with van der Waals surface area (Å²) in [5, 5.41) is 4.43. The molecular weight excluding hydrogens is 358 g/mol. The maximum absolute atomic E-state index is 5.80. The molecule has 5 nitrogen and oxygen atoms in total. The normalized spacial score (nSPS) is 14.3. The summed E-state index contributed by atoms with van der Waals surface area (Å²) in [7, 11) is 0. The van der Waals surface area contributed by atoms with E-state index in [4.69, 9.17) is 15.7 Å². The quantitative estimate of drug-likeness (QED) is 0.526. The van der Waals surface area contributed by atoms with E-state index in [1.165, 1.54) is 5.69 Å². The van der Waals surface area contributed by atoms with Crippen molar-refractivity contribution in [3.05, 3.63) is 72.8 Å². The Balaban J connectivity index is 1.46. The predicted octanol–water partition coefficient (Wildman–Crippen LogP) is 3.96. The van der Waals surface area contributed by atoms with Crippen LogP contribution in [0.15, 0.2) is 72.8 Å². The summed E-state index contributed by atoms with van der Waals surface area (Å²) < 4.78 is 0. The Morgan fingerprint density at radius 2 is 1.24 bits per heavy atom. The van der Waals surface area contributed by atoms with E-state index in [0.29, 0.717) is 0 Å². The minimum Gasteiger partial charge on any atom is -0.399 e. The highest BCUT2D eigenvalue weighted by atomic mass is 15.2. The van der Waals surface area contributed by atoms with E-state index in [0.717, 1.165) is 65.4 Å². The topological polar surface area (TPSA) is 67.1 Å². The van der Waals surface area contributed by atoms with Gasteiger partial charge in [-0.1, -0.05) is 24.3 Å². The summed E-state index contributed by atoms with van der Waals surface area (Å²) >= 11 is 0. The van der Waals surface area contributed by atoms with Crippen molar-refractivity contribution in [3.8, 4) is 22.5 Å². The van der Waals surface area contributed by atoms with Gasteiger partial charge in [0.15, 0.2) is 5.65 Å². The zero-order chi connectivity index (χ0) is 19.6. The number of piperazine rings is 1. The molecule has 0 spiro atoms. The highest BCUT2D eigenvalue weighted by Gasteiger charge is 2.11. The minimum absolute atomic E-state index is 0.749. The lowest BCUT2D eigenvalue weighted by Crippen LogP contribution is -2.43. The standard InChI is InChI=1S/C24H23N5/c25-20-7-1-17(2-8-20)22-11-5-19-6-12-23(28-24(19)27-22)18-3-9-21(10-4-18)29-15-13-26-14-16-29/h1-12,26H,13-16,25H2. The number of nitrogens with zero attached hydrogens (tertiary/aromatic N) is 3. The molecule has 1 aliphatic heterocycles. The molecule has 0 aliphatic carbocycles. The van der Waals surface area contributed by atoms with Crippen molar-refractivity contribution < 1.29 is 0 Å². The molecule has 3 N–H and O–H groups in total. The fourth-order valence-electron chi connectivity index (χ4n) is 3.74. The summed E-state index contributed by atoms with van der Waals surface area (Å²) in [6.45, 7) is 4.17. The number of fused-ring (bicyclic) bond motifs is 1. The van der Waals surface area contributed by atoms with E-state index >= 15 is 0 Å². The molecule has 1 saturated heterocycles. The van der Waals surface area contributed by atoms with Crippen LogP contribution < -0.4 is 16.0 Å². The lowest BCUT2D eigenvalue weighted by atomic mass is 10.1. The van der Waals surface area contributed by atoms with Gasteiger partial charge in [0.25, 0.3) is 0 Å². The van der Waals surface area contributed by atoms with Crippen LogP contribution in [-0.2, 0) is 0 Å². The molecule has 2 aromatic carbocycles. The first kappa shape index (κ1) is 17.6. The second-order valence-electron chi connectivity index (χ2n) is 7.35. The number of benzene rings is 2. The van der Waals surface area contributed by atoms with Gasteiger partial charge in [0, 0.05) is 54.1 Å². The molecule has 2 aromatic heterocycles. The second-order valence-corrected chi connectivity index (χ2v) is 7.35. The molecule has 0 bridgehead atoms. The smallest absolute Gasteiger partial charge is 0.160 e. The average Bonchev–Trinajstić information content (AvgIpc) is 2.79. The third-order valence-corrected chi connectivity index (χ3v) is 5.40. The monoisotopic (exact) mass is 381 g/mol. The molecule has 0 unspecified atom stereocenters. The molecule has 1 fully saturated rings. The molecule has 0 saturated carbocycles. The molecule has 3 heterocycles. The maximum Gasteiger partial charge on any atom is 0.160 e. The fraction of sp³-hybridized carbons (Fsp3) is 0.167. The molecule has 0 atom stereocenters. The molecule has 144 valence electrons. The maximum atomic E-state index is 5.80. The zero-order valence-electron chi connectivity index (χ0n) is 16.2. The highest BCUT2D eigenvalue weighted by Crippen LogP contribution is 2.26. The first-order chi connectivity index (χ1) is 14.3. The number of hydrogen-bond donors (Lipinski definition) is 2. The Kier molecular flexibility index (Phi) is 4.58. The number of pyridine rings is 2. The third kappa shape index (κ3) is 3.65. The molecule has 29 heavy (non-hydrogen) atoms. The lowest BCUT2D eigenvalue weighted by molar-refractivity contribution is 0.589. The summed E-state index contributed by atoms with van der Waals surface area (Å²) in [6.07, 6.45) is 0. The van der Waals surface area contributed by atoms with Crippen molar-refractivity contribution in [1.82, 2.24) is 15.3 Å². The van der Waals surface area contributed by atoms with Crippen LogP contribution in [0.25, 0.3) is 33.5 Å². The van der Waals surface area contributed by atoms with Crippen LogP contribution in [0.2, 0.25) is 0 Å². The predicted molar refractivity (Wildman–Crippen MR) is 120 cm³/mol. The Morgan fingerprint density at radius 1 is 0.690 bits per heavy atom. The largest absolute Gasteiger partial charge is 0.399 e. The number of aromatic nitrogens is 2. The van der Waals surface area contributed by atoms with Crippen LogP contribution in [0.5, 0.6) is 0 Å². The summed E-state index contributed by atoms with van der Waals surface area (Å²) in [5.41, 5.74) is 12.5. The highest BCUT2D eigenvalue weighted by molar-refractivity contribution is 5.81. The Morgan fingerprint density at radius 3 is 1.83 bits per heavy atom. The van der Waals surface area contributed by atoms with Crippen LogP contribution in [0, 0.1) is 0 Å². The number of nitrogen functional groups attached to an aromatic ring is 1. The third-order valence-electron chi connectivity index (χ3n) is 5.40. The minimum atomic E-state index is 0.749. The van der Waals surface area contributed by atoms with Crippen LogP contribution in [-0.4, -0.2) is 36.1 Å². The van der Waals surface area contributed by atoms with Gasteiger partial charge in [0.2, 0.25) is 0 Å². The number of nitrogens with two attached hydrogens (primary N) is 1. The van der Waals surface area contributed by atoms with Crippen molar-refractivity contribution in [2.75, 3.05) is 36.8 Å². The van der Waals surface area contributed by atoms with Gasteiger partial charge in [-0.2, -0.15) is 0 Å². The van der Waals surface area contributed by atoms with E-state index in [1.54, 1.807) is 0 Å². The average molecular weight is 381 g/mol. The first-order valence-electron chi connectivity index (χ1n) is 9.96. The van der Waals surface area contributed by atoms with Crippen LogP contribution in [0.1, 0.15) is 0 Å². The van der Waals surface area contributed by atoms with Gasteiger partial charge in [-0.05, 0) is 48.5 Å². The van der Waals surface area contributed by atoms with E-state index in [2.05, 4.69) is 52.7 Å². The molecule has 0 amide bonds. The SMILES string of the molecule is Nc1ccc(-c2ccc3ccc(-c4ccc(N5CCNCC5)cc4)nc3n2)cc1. The molecule has 4 aromatic rings. The first-order valence-corrected chi connectivity index (χ1v) is 9.96. The molecular formula is C24H23N5. The van der Waals surface area contributed by atoms with Crippen molar-refractivity contribution in [1.29, 1.82) is 0 Å². The van der Waals surface area contributed by atoms with Gasteiger partial charge in [0.1, 0.15) is 0 Å². The summed E-state index contributed by atoms with van der Waals surface area (Å²) in [5.74, 6) is 0. The summed E-state index contributed by atoms with van der Waals surface area (Å²) in [6, 6.07) is 24.7. The van der Waals surface area contributed by atoms with Crippen LogP contribution in [0.3, 0.4) is 0 Å². The van der Waals surface area contributed by atoms with E-state index in [1.807, 2.05) is 30.3 Å². The van der Waals surface area contributed by atoms with Crippen molar-refractivity contribution in [3.63, 3.8) is 0 Å². The van der Waals surface area contributed by atoms with Crippen molar-refractivity contribution >= 4 is 22.4 Å². The molecule has 0 radical (unpaired) electrons. The second kappa shape index (κ2) is 7.53. The van der Waals surface area contributed by atoms with Gasteiger partial charge in [-0.15, -0.1) is 0 Å². The van der Waals surface area contributed by atoms with Crippen molar-refractivity contribution in [2.45, 2.75) is 0 Å². The van der Waals surface area contributed by atoms with Crippen molar-refractivity contribution in [2.24, 2.45) is 0 Å². The molecule has 1 aliphatic rings. The zero-order valence-corrected chi connectivity index (χ0v) is 16.2. The molecule has 5 heteroatoms. The Hall–Kier alpha value is -3.44. The number of nitrogens with one attached hydrogen (secondary N) is 1. The van der Waals surface area contributed by atoms with Crippen LogP contribution >= 0.6 is 0 Å². The van der Waals surface area contributed by atoms with Gasteiger partial charge < -0.3 is 16.0 Å². The fourth-order valence-corrected chi connectivity index (χ4v) is 3.74. The summed E-state index contributed by atoms with van der Waals surface area (Å²) in [4.78, 5) is 12.0. The van der Waals surface area contributed by atoms with E-state index in [9.17, 15) is 0 Å². The Bertz CT molecular complexity index is 1130. The lowest BCUT2D eigenvalue weighted by Gasteiger charge is -2.29. The number of anilines is 2. The number of hydrogen-bond acceptors (Lipinski definition) is 5. The molecule has 5 rings (SSSR count).